The van der Waals surface area contributed by atoms with Crippen LogP contribution >= 0.6 is 0 Å². The number of anilines is 2. The Morgan fingerprint density at radius 3 is 1.25 bits per heavy atom. The average Bonchev–Trinajstić information content (AvgIpc) is 3.62. The molecule has 0 bridgehead atoms. The van der Waals surface area contributed by atoms with Gasteiger partial charge < -0.3 is 19.6 Å². The summed E-state index contributed by atoms with van der Waals surface area (Å²) in [7, 11) is 0. The number of fused-ring (bicyclic) bond motifs is 12. The van der Waals surface area contributed by atoms with Crippen molar-refractivity contribution in [1.29, 1.82) is 0 Å². The lowest BCUT2D eigenvalue weighted by atomic mass is 9.68. The number of aliphatic imine (C=N–C) groups is 2. The molecule has 0 atom stereocenters. The van der Waals surface area contributed by atoms with Crippen molar-refractivity contribution >= 4 is 23.3 Å². The maximum absolute atomic E-state index is 5.12. The van der Waals surface area contributed by atoms with Gasteiger partial charge in [0.2, 0.25) is 11.9 Å². The molecule has 2 aliphatic carbocycles. The Morgan fingerprint density at radius 1 is 0.453 bits per heavy atom. The minimum absolute atomic E-state index is 0.0162. The average molecular weight is 703 g/mol. The van der Waals surface area contributed by atoms with Crippen LogP contribution in [0.5, 0.6) is 0 Å². The molecule has 0 unspecified atom stereocenters. The fraction of sp³-hybridized carbons (Fsp3) is 0.447. The second-order valence-corrected chi connectivity index (χ2v) is 18.3. The highest BCUT2D eigenvalue weighted by molar-refractivity contribution is 6.02. The number of nitrogens with zero attached hydrogens (tertiary/aromatic N) is 6. The third kappa shape index (κ3) is 4.89. The topological polar surface area (TPSA) is 37.7 Å². The van der Waals surface area contributed by atoms with Gasteiger partial charge in [0.05, 0.1) is 5.41 Å². The Kier molecular flexibility index (Phi) is 7.30. The van der Waals surface area contributed by atoms with Crippen LogP contribution < -0.4 is 9.80 Å². The summed E-state index contributed by atoms with van der Waals surface area (Å²) < 4.78 is 0. The van der Waals surface area contributed by atoms with Crippen LogP contribution in [0.1, 0.15) is 101 Å². The van der Waals surface area contributed by atoms with Crippen LogP contribution in [0.3, 0.4) is 0 Å². The fourth-order valence-corrected chi connectivity index (χ4v) is 10.2. The Labute approximate surface area is 316 Å². The molecule has 10 rings (SSSR count). The van der Waals surface area contributed by atoms with Crippen LogP contribution in [0.15, 0.2) is 82.8 Å². The Balaban J connectivity index is 1.27. The van der Waals surface area contributed by atoms with Crippen molar-refractivity contribution in [3.05, 3.63) is 106 Å². The minimum atomic E-state index is -0.461. The van der Waals surface area contributed by atoms with Gasteiger partial charge in [0.1, 0.15) is 0 Å². The van der Waals surface area contributed by atoms with Crippen LogP contribution in [-0.4, -0.2) is 74.1 Å². The quantitative estimate of drug-likeness (QED) is 0.180. The van der Waals surface area contributed by atoms with E-state index in [-0.39, 0.29) is 10.8 Å². The molecule has 6 heteroatoms. The van der Waals surface area contributed by atoms with Gasteiger partial charge in [-0.1, -0.05) is 90.1 Å². The second kappa shape index (κ2) is 11.7. The summed E-state index contributed by atoms with van der Waals surface area (Å²) in [6.45, 7) is 22.4. The molecule has 2 saturated heterocycles. The largest absolute Gasteiger partial charge is 0.342 e. The van der Waals surface area contributed by atoms with Crippen molar-refractivity contribution in [3.8, 4) is 22.3 Å². The highest BCUT2D eigenvalue weighted by Gasteiger charge is 2.53. The number of hydrogen-bond acceptors (Lipinski definition) is 6. The summed E-state index contributed by atoms with van der Waals surface area (Å²) >= 11 is 0. The maximum atomic E-state index is 5.12. The summed E-state index contributed by atoms with van der Waals surface area (Å²) in [6.07, 6.45) is 4.58. The van der Waals surface area contributed by atoms with Crippen molar-refractivity contribution in [2.75, 3.05) is 62.2 Å². The standard InChI is InChI=1S/C47H54N6/c1-45(2,3)31-11-15-35-36-16-12-32(46(4,5)6)28-40(36)47(39(35)27-31)41-29-33(52-25-9-23-50-21-7-19-48-43(50)52)13-17-37(41)38-18-14-34(30-42(38)47)53-26-10-24-51-22-8-20-49-44(51)53/h11-18,27-30H,7-10,19-26H2,1-6H3. The molecule has 1 spiro atoms. The van der Waals surface area contributed by atoms with E-state index in [1.165, 1.54) is 67.0 Å². The van der Waals surface area contributed by atoms with E-state index in [2.05, 4.69) is 134 Å². The van der Waals surface area contributed by atoms with Crippen LogP contribution in [-0.2, 0) is 16.2 Å². The summed E-state index contributed by atoms with van der Waals surface area (Å²) in [5, 5.41) is 0. The van der Waals surface area contributed by atoms with Crippen LogP contribution in [0.2, 0.25) is 0 Å². The summed E-state index contributed by atoms with van der Waals surface area (Å²) in [4.78, 5) is 20.3. The Morgan fingerprint density at radius 2 is 0.830 bits per heavy atom. The molecule has 6 aliphatic rings. The number of rotatable bonds is 2. The van der Waals surface area contributed by atoms with Crippen LogP contribution in [0.4, 0.5) is 11.4 Å². The molecule has 4 aliphatic heterocycles. The van der Waals surface area contributed by atoms with Gasteiger partial charge in [-0.2, -0.15) is 0 Å². The Hall–Kier alpha value is -4.58. The predicted octanol–water partition coefficient (Wildman–Crippen LogP) is 9.17. The molecule has 4 aromatic rings. The van der Waals surface area contributed by atoms with Gasteiger partial charge in [-0.05, 0) is 116 Å². The van der Waals surface area contributed by atoms with Crippen molar-refractivity contribution in [2.45, 2.75) is 83.5 Å². The normalized spacial score (nSPS) is 20.0. The van der Waals surface area contributed by atoms with E-state index in [4.69, 9.17) is 9.98 Å². The first-order valence-corrected chi connectivity index (χ1v) is 20.3. The molecular formula is C47H54N6. The first-order chi connectivity index (χ1) is 25.5. The monoisotopic (exact) mass is 702 g/mol. The SMILES string of the molecule is CC(C)(C)c1ccc2c(c1)C1(c3cc(N4CCCN5CCCN=C54)ccc3-c3ccc(N4CCCN5CCCN=C54)cc31)c1cc(C(C)(C)C)ccc1-2. The molecule has 0 aromatic heterocycles. The van der Waals surface area contributed by atoms with E-state index in [1.54, 1.807) is 0 Å². The van der Waals surface area contributed by atoms with Gasteiger partial charge >= 0.3 is 0 Å². The zero-order chi connectivity index (χ0) is 36.3. The molecule has 4 heterocycles. The van der Waals surface area contributed by atoms with Crippen molar-refractivity contribution in [3.63, 3.8) is 0 Å². The van der Waals surface area contributed by atoms with E-state index in [0.717, 1.165) is 90.0 Å². The molecule has 6 nitrogen and oxygen atoms in total. The van der Waals surface area contributed by atoms with Gasteiger partial charge in [-0.15, -0.1) is 0 Å². The van der Waals surface area contributed by atoms with E-state index < -0.39 is 5.41 Å². The third-order valence-corrected chi connectivity index (χ3v) is 12.9. The minimum Gasteiger partial charge on any atom is -0.342 e. The maximum Gasteiger partial charge on any atom is 0.201 e. The van der Waals surface area contributed by atoms with Gasteiger partial charge in [0.15, 0.2) is 0 Å². The third-order valence-electron chi connectivity index (χ3n) is 12.9. The first kappa shape index (κ1) is 33.0. The van der Waals surface area contributed by atoms with Crippen molar-refractivity contribution in [2.24, 2.45) is 9.98 Å². The van der Waals surface area contributed by atoms with E-state index in [1.807, 2.05) is 0 Å². The molecule has 0 amide bonds. The highest BCUT2D eigenvalue weighted by Crippen LogP contribution is 2.64. The smallest absolute Gasteiger partial charge is 0.201 e. The molecular weight excluding hydrogens is 649 g/mol. The number of guanidine groups is 2. The lowest BCUT2D eigenvalue weighted by Gasteiger charge is -2.42. The Bertz CT molecular complexity index is 2060. The van der Waals surface area contributed by atoms with Gasteiger partial charge in [-0.25, -0.2) is 0 Å². The van der Waals surface area contributed by atoms with Crippen LogP contribution in [0, 0.1) is 0 Å². The molecule has 0 N–H and O–H groups in total. The summed E-state index contributed by atoms with van der Waals surface area (Å²) in [5.41, 5.74) is 16.0. The van der Waals surface area contributed by atoms with Crippen molar-refractivity contribution in [1.82, 2.24) is 9.80 Å². The first-order valence-electron chi connectivity index (χ1n) is 20.3. The molecule has 0 saturated carbocycles. The molecule has 4 aromatic carbocycles. The molecule has 0 radical (unpaired) electrons. The summed E-state index contributed by atoms with van der Waals surface area (Å²) in [5.74, 6) is 2.32. The second-order valence-electron chi connectivity index (χ2n) is 18.3. The van der Waals surface area contributed by atoms with E-state index in [9.17, 15) is 0 Å². The van der Waals surface area contributed by atoms with Gasteiger partial charge in [0, 0.05) is 63.7 Å². The molecule has 2 fully saturated rings. The number of benzene rings is 4. The number of hydrogen-bond donors (Lipinski definition) is 0. The summed E-state index contributed by atoms with van der Waals surface area (Å²) in [6, 6.07) is 29.6. The van der Waals surface area contributed by atoms with E-state index in [0.29, 0.717) is 0 Å². The lowest BCUT2D eigenvalue weighted by Crippen LogP contribution is -2.52. The molecule has 53 heavy (non-hydrogen) atoms. The molecule has 272 valence electrons. The zero-order valence-electron chi connectivity index (χ0n) is 32.6. The highest BCUT2D eigenvalue weighted by atomic mass is 15.4. The lowest BCUT2D eigenvalue weighted by molar-refractivity contribution is 0.360. The van der Waals surface area contributed by atoms with E-state index >= 15 is 0 Å². The predicted molar refractivity (Wildman–Crippen MR) is 221 cm³/mol. The zero-order valence-corrected chi connectivity index (χ0v) is 32.6. The van der Waals surface area contributed by atoms with Gasteiger partial charge in [-0.3, -0.25) is 9.98 Å². The van der Waals surface area contributed by atoms with Crippen LogP contribution in [0.25, 0.3) is 22.3 Å². The fourth-order valence-electron chi connectivity index (χ4n) is 10.2. The van der Waals surface area contributed by atoms with Crippen molar-refractivity contribution < 1.29 is 0 Å². The van der Waals surface area contributed by atoms with Gasteiger partial charge in [0.25, 0.3) is 0 Å².